The van der Waals surface area contributed by atoms with Gasteiger partial charge in [0.05, 0.1) is 5.71 Å². The van der Waals surface area contributed by atoms with Gasteiger partial charge in [-0.15, -0.1) is 0 Å². The SMILES string of the molecule is O=C(Nc1ccc2c(c1)OCO2)[C@H]1CC(c2ccccc2O)=NO1. The van der Waals surface area contributed by atoms with Crippen LogP contribution in [0.15, 0.2) is 47.6 Å². The van der Waals surface area contributed by atoms with Gasteiger partial charge in [-0.25, -0.2) is 0 Å². The number of nitrogens with zero attached hydrogens (tertiary/aromatic N) is 1. The molecule has 2 aromatic rings. The number of anilines is 1. The predicted octanol–water partition coefficient (Wildman–Crippen LogP) is 2.25. The van der Waals surface area contributed by atoms with E-state index in [4.69, 9.17) is 14.3 Å². The van der Waals surface area contributed by atoms with Crippen LogP contribution in [0.4, 0.5) is 5.69 Å². The number of carbonyl (C=O) groups excluding carboxylic acids is 1. The fourth-order valence-corrected chi connectivity index (χ4v) is 2.59. The number of amides is 1. The van der Waals surface area contributed by atoms with Crippen molar-refractivity contribution in [2.75, 3.05) is 12.1 Å². The Balaban J connectivity index is 1.43. The number of fused-ring (bicyclic) bond motifs is 1. The van der Waals surface area contributed by atoms with Crippen molar-refractivity contribution in [1.29, 1.82) is 0 Å². The van der Waals surface area contributed by atoms with Gasteiger partial charge in [-0.3, -0.25) is 4.79 Å². The highest BCUT2D eigenvalue weighted by molar-refractivity contribution is 6.07. The molecule has 0 aliphatic carbocycles. The molecule has 0 radical (unpaired) electrons. The first-order valence-electron chi connectivity index (χ1n) is 7.42. The van der Waals surface area contributed by atoms with E-state index in [-0.39, 0.29) is 24.9 Å². The van der Waals surface area contributed by atoms with Crippen LogP contribution in [0.25, 0.3) is 0 Å². The van der Waals surface area contributed by atoms with E-state index in [2.05, 4.69) is 10.5 Å². The third-order valence-electron chi connectivity index (χ3n) is 3.82. The highest BCUT2D eigenvalue weighted by Gasteiger charge is 2.30. The van der Waals surface area contributed by atoms with Crippen molar-refractivity contribution in [1.82, 2.24) is 0 Å². The monoisotopic (exact) mass is 326 g/mol. The van der Waals surface area contributed by atoms with Crippen LogP contribution in [0.3, 0.4) is 0 Å². The van der Waals surface area contributed by atoms with Crippen molar-refractivity contribution in [3.8, 4) is 17.2 Å². The van der Waals surface area contributed by atoms with Gasteiger partial charge in [0, 0.05) is 23.7 Å². The van der Waals surface area contributed by atoms with Crippen molar-refractivity contribution < 1.29 is 24.2 Å². The average Bonchev–Trinajstić information content (AvgIpc) is 3.24. The van der Waals surface area contributed by atoms with Crippen molar-refractivity contribution in [2.45, 2.75) is 12.5 Å². The number of carbonyl (C=O) groups is 1. The zero-order valence-electron chi connectivity index (χ0n) is 12.6. The number of hydrogen-bond acceptors (Lipinski definition) is 6. The molecule has 4 rings (SSSR count). The van der Waals surface area contributed by atoms with E-state index in [1.54, 1.807) is 42.5 Å². The van der Waals surface area contributed by atoms with Crippen LogP contribution >= 0.6 is 0 Å². The lowest BCUT2D eigenvalue weighted by Crippen LogP contribution is -2.28. The van der Waals surface area contributed by atoms with Gasteiger partial charge in [0.25, 0.3) is 5.91 Å². The van der Waals surface area contributed by atoms with Gasteiger partial charge in [0.2, 0.25) is 12.9 Å². The number of aromatic hydroxyl groups is 1. The Bertz CT molecular complexity index is 833. The Morgan fingerprint density at radius 3 is 2.88 bits per heavy atom. The molecule has 2 aromatic carbocycles. The van der Waals surface area contributed by atoms with Gasteiger partial charge in [-0.05, 0) is 24.3 Å². The molecule has 0 unspecified atom stereocenters. The van der Waals surface area contributed by atoms with Gasteiger partial charge < -0.3 is 24.7 Å². The van der Waals surface area contributed by atoms with Crippen LogP contribution in [0.2, 0.25) is 0 Å². The van der Waals surface area contributed by atoms with Crippen molar-refractivity contribution in [3.63, 3.8) is 0 Å². The minimum Gasteiger partial charge on any atom is -0.507 e. The minimum absolute atomic E-state index is 0.108. The first-order chi connectivity index (χ1) is 11.7. The molecule has 0 bridgehead atoms. The quantitative estimate of drug-likeness (QED) is 0.903. The maximum atomic E-state index is 12.3. The van der Waals surface area contributed by atoms with E-state index in [1.807, 2.05) is 0 Å². The summed E-state index contributed by atoms with van der Waals surface area (Å²) >= 11 is 0. The summed E-state index contributed by atoms with van der Waals surface area (Å²) in [5, 5.41) is 16.5. The normalized spacial score (nSPS) is 18.0. The lowest BCUT2D eigenvalue weighted by atomic mass is 10.0. The predicted molar refractivity (Wildman–Crippen MR) is 85.3 cm³/mol. The summed E-state index contributed by atoms with van der Waals surface area (Å²) in [5.74, 6) is 1.03. The maximum Gasteiger partial charge on any atom is 0.268 e. The lowest BCUT2D eigenvalue weighted by molar-refractivity contribution is -0.125. The van der Waals surface area contributed by atoms with E-state index < -0.39 is 6.10 Å². The molecular weight excluding hydrogens is 312 g/mol. The first kappa shape index (κ1) is 14.4. The standard InChI is InChI=1S/C17H14N2O5/c20-13-4-2-1-3-11(13)12-8-16(24-19-12)17(21)18-10-5-6-14-15(7-10)23-9-22-14/h1-7,16,20H,8-9H2,(H,18,21)/t16-/m1/s1. The van der Waals surface area contributed by atoms with Crippen LogP contribution in [0.1, 0.15) is 12.0 Å². The topological polar surface area (TPSA) is 89.4 Å². The third-order valence-corrected chi connectivity index (χ3v) is 3.82. The molecule has 0 saturated carbocycles. The zero-order valence-corrected chi connectivity index (χ0v) is 12.6. The van der Waals surface area contributed by atoms with Gasteiger partial charge in [0.1, 0.15) is 5.75 Å². The second kappa shape index (κ2) is 5.77. The summed E-state index contributed by atoms with van der Waals surface area (Å²) in [7, 11) is 0. The zero-order chi connectivity index (χ0) is 16.5. The van der Waals surface area contributed by atoms with Gasteiger partial charge >= 0.3 is 0 Å². The Hall–Kier alpha value is -3.22. The first-order valence-corrected chi connectivity index (χ1v) is 7.42. The minimum atomic E-state index is -0.745. The molecule has 0 aromatic heterocycles. The molecule has 122 valence electrons. The number of phenolic OH excluding ortho intramolecular Hbond substituents is 1. The van der Waals surface area contributed by atoms with E-state index in [0.717, 1.165) is 0 Å². The molecule has 2 aliphatic rings. The fourth-order valence-electron chi connectivity index (χ4n) is 2.59. The number of oxime groups is 1. The van der Waals surface area contributed by atoms with Crippen LogP contribution in [-0.4, -0.2) is 29.6 Å². The summed E-state index contributed by atoms with van der Waals surface area (Å²) in [5.41, 5.74) is 1.69. The van der Waals surface area contributed by atoms with Crippen molar-refractivity contribution in [3.05, 3.63) is 48.0 Å². The molecular formula is C17H14N2O5. The summed E-state index contributed by atoms with van der Waals surface area (Å²) in [6.45, 7) is 0.177. The van der Waals surface area contributed by atoms with Crippen LogP contribution in [-0.2, 0) is 9.63 Å². The Morgan fingerprint density at radius 1 is 1.17 bits per heavy atom. The Morgan fingerprint density at radius 2 is 2.00 bits per heavy atom. The highest BCUT2D eigenvalue weighted by atomic mass is 16.7. The summed E-state index contributed by atoms with van der Waals surface area (Å²) in [4.78, 5) is 17.5. The molecule has 7 heteroatoms. The molecule has 0 spiro atoms. The molecule has 7 nitrogen and oxygen atoms in total. The van der Waals surface area contributed by atoms with E-state index in [0.29, 0.717) is 28.5 Å². The number of rotatable bonds is 3. The van der Waals surface area contributed by atoms with Crippen LogP contribution < -0.4 is 14.8 Å². The highest BCUT2D eigenvalue weighted by Crippen LogP contribution is 2.34. The summed E-state index contributed by atoms with van der Waals surface area (Å²) in [6.07, 6.45) is -0.460. The maximum absolute atomic E-state index is 12.3. The third kappa shape index (κ3) is 2.60. The summed E-state index contributed by atoms with van der Waals surface area (Å²) < 4.78 is 10.5. The number of ether oxygens (including phenoxy) is 2. The number of para-hydroxylation sites is 1. The smallest absolute Gasteiger partial charge is 0.268 e. The van der Waals surface area contributed by atoms with Crippen LogP contribution in [0.5, 0.6) is 17.2 Å². The second-order valence-corrected chi connectivity index (χ2v) is 5.41. The molecule has 1 atom stereocenters. The van der Waals surface area contributed by atoms with Crippen molar-refractivity contribution >= 4 is 17.3 Å². The number of nitrogens with one attached hydrogen (secondary N) is 1. The van der Waals surface area contributed by atoms with Gasteiger partial charge in [-0.2, -0.15) is 0 Å². The number of hydrogen-bond donors (Lipinski definition) is 2. The van der Waals surface area contributed by atoms with Crippen LogP contribution in [0, 0.1) is 0 Å². The molecule has 2 N–H and O–H groups in total. The van der Waals surface area contributed by atoms with E-state index >= 15 is 0 Å². The van der Waals surface area contributed by atoms with Crippen molar-refractivity contribution in [2.24, 2.45) is 5.16 Å². The molecule has 24 heavy (non-hydrogen) atoms. The van der Waals surface area contributed by atoms with Gasteiger partial charge in [-0.1, -0.05) is 17.3 Å². The molecule has 0 saturated heterocycles. The molecule has 0 fully saturated rings. The van der Waals surface area contributed by atoms with E-state index in [1.165, 1.54) is 0 Å². The Kier molecular flexibility index (Phi) is 3.45. The largest absolute Gasteiger partial charge is 0.507 e. The second-order valence-electron chi connectivity index (χ2n) is 5.41. The molecule has 2 heterocycles. The number of phenols is 1. The number of benzene rings is 2. The average molecular weight is 326 g/mol. The summed E-state index contributed by atoms with van der Waals surface area (Å²) in [6, 6.07) is 12.0. The lowest BCUT2D eigenvalue weighted by Gasteiger charge is -2.10. The Labute approximate surface area is 137 Å². The van der Waals surface area contributed by atoms with Gasteiger partial charge in [0.15, 0.2) is 11.5 Å². The fraction of sp³-hybridized carbons (Fsp3) is 0.176. The van der Waals surface area contributed by atoms with E-state index in [9.17, 15) is 9.90 Å². The molecule has 1 amide bonds. The molecule has 2 aliphatic heterocycles.